The molecule has 0 saturated heterocycles. The monoisotopic (exact) mass is 440 g/mol. The van der Waals surface area contributed by atoms with E-state index >= 15 is 0 Å². The fourth-order valence-corrected chi connectivity index (χ4v) is 3.04. The maximum absolute atomic E-state index is 12.6. The molecule has 0 atom stereocenters. The highest BCUT2D eigenvalue weighted by atomic mass is 79.9. The number of carbonyl (C=O) groups is 2. The number of Topliss-reactive ketones (excluding diaryl/α,β-unsaturated/α-hetero) is 1. The number of hydrogen-bond donors (Lipinski definition) is 0. The van der Waals surface area contributed by atoms with Gasteiger partial charge in [0, 0.05) is 15.4 Å². The topological polar surface area (TPSA) is 91.4 Å². The first-order valence-electron chi connectivity index (χ1n) is 8.34. The van der Waals surface area contributed by atoms with Crippen LogP contribution in [-0.4, -0.2) is 27.9 Å². The van der Waals surface area contributed by atoms with Crippen molar-refractivity contribution in [2.24, 2.45) is 0 Å². The number of fused-ring (bicyclic) bond motifs is 3. The maximum Gasteiger partial charge on any atom is 0.326 e. The van der Waals surface area contributed by atoms with Gasteiger partial charge in [-0.15, -0.1) is 0 Å². The number of carbonyl (C=O) groups excluding carboxylic acids is 2. The van der Waals surface area contributed by atoms with Crippen LogP contribution in [0.15, 0.2) is 68.5 Å². The van der Waals surface area contributed by atoms with Gasteiger partial charge in [-0.25, -0.2) is 4.98 Å². The molecule has 0 amide bonds. The molecule has 8 heteroatoms. The second kappa shape index (κ2) is 7.40. The molecule has 0 spiro atoms. The minimum absolute atomic E-state index is 0.0717. The average molecular weight is 441 g/mol. The van der Waals surface area contributed by atoms with Crippen LogP contribution >= 0.6 is 15.9 Å². The van der Waals surface area contributed by atoms with E-state index in [1.165, 1.54) is 6.33 Å². The first-order chi connectivity index (χ1) is 13.5. The van der Waals surface area contributed by atoms with E-state index in [-0.39, 0.29) is 17.9 Å². The summed E-state index contributed by atoms with van der Waals surface area (Å²) in [5.74, 6) is -1.05. The Labute approximate surface area is 166 Å². The van der Waals surface area contributed by atoms with Gasteiger partial charge in [-0.05, 0) is 24.3 Å². The fraction of sp³-hybridized carbons (Fsp3) is 0.100. The Morgan fingerprint density at radius 3 is 2.64 bits per heavy atom. The Kier molecular flexibility index (Phi) is 4.79. The zero-order valence-electron chi connectivity index (χ0n) is 14.4. The molecule has 140 valence electrons. The smallest absolute Gasteiger partial charge is 0.326 e. The van der Waals surface area contributed by atoms with E-state index in [2.05, 4.69) is 20.9 Å². The first-order valence-corrected chi connectivity index (χ1v) is 9.13. The van der Waals surface area contributed by atoms with Crippen molar-refractivity contribution in [3.8, 4) is 0 Å². The molecule has 0 aliphatic carbocycles. The van der Waals surface area contributed by atoms with Crippen molar-refractivity contribution in [1.82, 2.24) is 9.55 Å². The van der Waals surface area contributed by atoms with Crippen molar-refractivity contribution >= 4 is 49.8 Å². The largest absolute Gasteiger partial charge is 0.456 e. The zero-order valence-corrected chi connectivity index (χ0v) is 16.0. The van der Waals surface area contributed by atoms with Gasteiger partial charge in [-0.1, -0.05) is 40.2 Å². The summed E-state index contributed by atoms with van der Waals surface area (Å²) in [5.41, 5.74) is 0.997. The summed E-state index contributed by atoms with van der Waals surface area (Å²) in [5, 5.41) is 0.726. The molecule has 0 aliphatic heterocycles. The van der Waals surface area contributed by atoms with E-state index in [1.54, 1.807) is 42.5 Å². The third kappa shape index (κ3) is 3.46. The van der Waals surface area contributed by atoms with Crippen LogP contribution in [0, 0.1) is 0 Å². The van der Waals surface area contributed by atoms with Crippen LogP contribution in [0.3, 0.4) is 0 Å². The van der Waals surface area contributed by atoms with Crippen molar-refractivity contribution in [2.45, 2.75) is 6.54 Å². The minimum Gasteiger partial charge on any atom is -0.456 e. The van der Waals surface area contributed by atoms with Gasteiger partial charge in [0.1, 0.15) is 17.6 Å². The zero-order chi connectivity index (χ0) is 19.7. The number of rotatable bonds is 5. The average Bonchev–Trinajstić information content (AvgIpc) is 3.08. The predicted octanol–water partition coefficient (Wildman–Crippen LogP) is 3.33. The van der Waals surface area contributed by atoms with Gasteiger partial charge in [0.2, 0.25) is 5.58 Å². The lowest BCUT2D eigenvalue weighted by Gasteiger charge is -2.06. The molecule has 2 aromatic carbocycles. The number of ketones is 1. The second-order valence-corrected chi connectivity index (χ2v) is 6.96. The van der Waals surface area contributed by atoms with E-state index < -0.39 is 18.1 Å². The Morgan fingerprint density at radius 1 is 1.11 bits per heavy atom. The van der Waals surface area contributed by atoms with Gasteiger partial charge in [0.25, 0.3) is 5.56 Å². The Balaban J connectivity index is 1.48. The highest BCUT2D eigenvalue weighted by molar-refractivity contribution is 9.10. The highest BCUT2D eigenvalue weighted by Gasteiger charge is 2.16. The van der Waals surface area contributed by atoms with E-state index in [0.717, 1.165) is 14.4 Å². The van der Waals surface area contributed by atoms with Crippen LogP contribution < -0.4 is 5.56 Å². The molecule has 0 radical (unpaired) electrons. The number of aromatic nitrogens is 2. The van der Waals surface area contributed by atoms with Gasteiger partial charge in [0.05, 0.1) is 6.33 Å². The molecular formula is C20H13BrN2O5. The summed E-state index contributed by atoms with van der Waals surface area (Å²) in [6.07, 6.45) is 1.27. The van der Waals surface area contributed by atoms with Crippen LogP contribution in [0.5, 0.6) is 0 Å². The molecule has 0 unspecified atom stereocenters. The summed E-state index contributed by atoms with van der Waals surface area (Å²) in [6, 6.07) is 13.9. The molecule has 2 heterocycles. The van der Waals surface area contributed by atoms with Crippen molar-refractivity contribution in [2.75, 3.05) is 6.61 Å². The summed E-state index contributed by atoms with van der Waals surface area (Å²) in [4.78, 5) is 40.9. The molecule has 4 aromatic rings. The Morgan fingerprint density at radius 2 is 1.86 bits per heavy atom. The van der Waals surface area contributed by atoms with Crippen LogP contribution in [0.1, 0.15) is 10.4 Å². The predicted molar refractivity (Wildman–Crippen MR) is 105 cm³/mol. The van der Waals surface area contributed by atoms with Crippen LogP contribution in [0.25, 0.3) is 22.1 Å². The standard InChI is InChI=1S/C20H13BrN2O5/c21-13-7-5-12(6-8-13)15(24)10-27-17(25)9-23-11-22-18-14-3-1-2-4-16(14)28-19(18)20(23)26/h1-8,11H,9-10H2. The van der Waals surface area contributed by atoms with E-state index in [9.17, 15) is 14.4 Å². The number of para-hydroxylation sites is 1. The van der Waals surface area contributed by atoms with Crippen molar-refractivity contribution in [3.05, 3.63) is 75.2 Å². The number of furan rings is 1. The fourth-order valence-electron chi connectivity index (χ4n) is 2.78. The van der Waals surface area contributed by atoms with E-state index in [0.29, 0.717) is 16.7 Å². The lowest BCUT2D eigenvalue weighted by Crippen LogP contribution is -2.26. The lowest BCUT2D eigenvalue weighted by molar-refractivity contribution is -0.143. The summed E-state index contributed by atoms with van der Waals surface area (Å²) >= 11 is 3.29. The molecule has 4 rings (SSSR count). The summed E-state index contributed by atoms with van der Waals surface area (Å²) in [6.45, 7) is -0.776. The van der Waals surface area contributed by atoms with Crippen molar-refractivity contribution in [3.63, 3.8) is 0 Å². The van der Waals surface area contributed by atoms with Gasteiger partial charge in [-0.2, -0.15) is 0 Å². The van der Waals surface area contributed by atoms with Crippen LogP contribution in [0.2, 0.25) is 0 Å². The molecule has 0 saturated carbocycles. The van der Waals surface area contributed by atoms with E-state index in [4.69, 9.17) is 9.15 Å². The molecule has 0 fully saturated rings. The van der Waals surface area contributed by atoms with Crippen LogP contribution in [-0.2, 0) is 16.1 Å². The molecule has 28 heavy (non-hydrogen) atoms. The quantitative estimate of drug-likeness (QED) is 0.349. The number of ether oxygens (including phenoxy) is 1. The first kappa shape index (κ1) is 18.1. The normalized spacial score (nSPS) is 11.0. The van der Waals surface area contributed by atoms with Gasteiger partial charge in [-0.3, -0.25) is 19.0 Å². The highest BCUT2D eigenvalue weighted by Crippen LogP contribution is 2.24. The summed E-state index contributed by atoms with van der Waals surface area (Å²) < 4.78 is 12.5. The third-order valence-corrected chi connectivity index (χ3v) is 4.71. The molecule has 7 nitrogen and oxygen atoms in total. The number of esters is 1. The Hall–Kier alpha value is -3.26. The number of hydrogen-bond acceptors (Lipinski definition) is 6. The third-order valence-electron chi connectivity index (χ3n) is 4.18. The number of nitrogens with zero attached hydrogens (tertiary/aromatic N) is 2. The molecule has 0 N–H and O–H groups in total. The summed E-state index contributed by atoms with van der Waals surface area (Å²) in [7, 11) is 0. The lowest BCUT2D eigenvalue weighted by atomic mass is 10.1. The maximum atomic E-state index is 12.6. The second-order valence-electron chi connectivity index (χ2n) is 6.04. The molecule has 0 aliphatic rings. The Bertz CT molecular complexity index is 1260. The van der Waals surface area contributed by atoms with Crippen molar-refractivity contribution < 1.29 is 18.7 Å². The van der Waals surface area contributed by atoms with Gasteiger partial charge >= 0.3 is 5.97 Å². The number of benzene rings is 2. The van der Waals surface area contributed by atoms with Crippen molar-refractivity contribution in [1.29, 1.82) is 0 Å². The molecule has 0 bridgehead atoms. The van der Waals surface area contributed by atoms with E-state index in [1.807, 2.05) is 6.07 Å². The van der Waals surface area contributed by atoms with Gasteiger partial charge in [0.15, 0.2) is 12.4 Å². The molecule has 2 aromatic heterocycles. The number of halogens is 1. The molecular weight excluding hydrogens is 428 g/mol. The SMILES string of the molecule is O=C(Cn1cnc2c(oc3ccccc32)c1=O)OCC(=O)c1ccc(Br)cc1. The van der Waals surface area contributed by atoms with Crippen LogP contribution in [0.4, 0.5) is 0 Å². The minimum atomic E-state index is -0.718. The van der Waals surface area contributed by atoms with Gasteiger partial charge < -0.3 is 9.15 Å².